The lowest BCUT2D eigenvalue weighted by molar-refractivity contribution is -0.131. The Bertz CT molecular complexity index is 711. The number of carbonyl (C=O) groups is 2. The van der Waals surface area contributed by atoms with Gasteiger partial charge in [-0.25, -0.2) is 10.3 Å². The number of hydrogen-bond acceptors (Lipinski definition) is 8. The molecule has 140 valence electrons. The Morgan fingerprint density at radius 1 is 1.46 bits per heavy atom. The van der Waals surface area contributed by atoms with Gasteiger partial charge in [0.25, 0.3) is 5.91 Å². The summed E-state index contributed by atoms with van der Waals surface area (Å²) in [5, 5.41) is 27.7. The molecular weight excluding hydrogens is 345 g/mol. The number of likely N-dealkylation sites (tertiary alicyclic amines) is 1. The van der Waals surface area contributed by atoms with Crippen molar-refractivity contribution >= 4 is 19.0 Å². The highest BCUT2D eigenvalue weighted by Crippen LogP contribution is 2.37. The molecule has 1 fully saturated rings. The number of carbonyl (C=O) groups excluding carboxylic acids is 1. The second kappa shape index (κ2) is 7.50. The highest BCUT2D eigenvalue weighted by Gasteiger charge is 2.34. The molecule has 0 saturated carbocycles. The molecule has 3 rings (SSSR count). The SMILES string of the molecule is NC(CN1CC(Oc2ccc3c(c2C(=O)O)OB(O)CC3)C1)C(=O)NO. The number of nitrogens with two attached hydrogens (primary N) is 1. The van der Waals surface area contributed by atoms with Crippen LogP contribution < -0.4 is 20.6 Å². The number of carboxylic acid groups (broad SMARTS) is 1. The highest BCUT2D eigenvalue weighted by molar-refractivity contribution is 6.44. The molecule has 1 amide bonds. The first-order valence-electron chi connectivity index (χ1n) is 8.21. The van der Waals surface area contributed by atoms with Gasteiger partial charge < -0.3 is 25.3 Å². The Kier molecular flexibility index (Phi) is 5.32. The fourth-order valence-electron chi connectivity index (χ4n) is 3.08. The number of aromatic carboxylic acids is 1. The molecule has 0 bridgehead atoms. The van der Waals surface area contributed by atoms with Gasteiger partial charge in [-0.05, 0) is 24.4 Å². The van der Waals surface area contributed by atoms with Crippen LogP contribution in [0.2, 0.25) is 6.32 Å². The minimum atomic E-state index is -1.19. The number of rotatable bonds is 6. The molecule has 0 aliphatic carbocycles. The van der Waals surface area contributed by atoms with Gasteiger partial charge in [-0.2, -0.15) is 0 Å². The number of ether oxygens (including phenoxy) is 1. The van der Waals surface area contributed by atoms with Gasteiger partial charge >= 0.3 is 13.1 Å². The van der Waals surface area contributed by atoms with E-state index in [0.29, 0.717) is 25.8 Å². The molecule has 10 nitrogen and oxygen atoms in total. The van der Waals surface area contributed by atoms with E-state index in [9.17, 15) is 19.7 Å². The summed E-state index contributed by atoms with van der Waals surface area (Å²) in [6.07, 6.45) is 0.675. The number of aryl methyl sites for hydroxylation is 1. The Morgan fingerprint density at radius 3 is 2.85 bits per heavy atom. The van der Waals surface area contributed by atoms with Gasteiger partial charge in [0.05, 0.1) is 6.04 Å². The Labute approximate surface area is 149 Å². The average Bonchev–Trinajstić information content (AvgIpc) is 2.57. The standard InChI is InChI=1S/C15H20BN3O7/c17-10(14(20)18-24)7-19-5-9(6-19)25-11-2-1-8-3-4-16(23)26-13(8)12(11)15(21)22/h1-2,9-10,23-24H,3-7,17H2,(H,18,20)(H,21,22). The lowest BCUT2D eigenvalue weighted by Gasteiger charge is -2.40. The van der Waals surface area contributed by atoms with Crippen LogP contribution in [0.1, 0.15) is 15.9 Å². The summed E-state index contributed by atoms with van der Waals surface area (Å²) >= 11 is 0. The van der Waals surface area contributed by atoms with E-state index in [1.165, 1.54) is 5.48 Å². The summed E-state index contributed by atoms with van der Waals surface area (Å²) < 4.78 is 11.1. The van der Waals surface area contributed by atoms with Crippen LogP contribution in [0.4, 0.5) is 0 Å². The van der Waals surface area contributed by atoms with Crippen LogP contribution in [0.3, 0.4) is 0 Å². The molecule has 1 saturated heterocycles. The zero-order valence-corrected chi connectivity index (χ0v) is 13.9. The molecule has 1 aromatic rings. The molecule has 0 spiro atoms. The third-order valence-electron chi connectivity index (χ3n) is 4.45. The van der Waals surface area contributed by atoms with Gasteiger partial charge in [-0.1, -0.05) is 6.07 Å². The average molecular weight is 365 g/mol. The third kappa shape index (κ3) is 3.75. The number of benzene rings is 1. The van der Waals surface area contributed by atoms with Crippen molar-refractivity contribution in [3.05, 3.63) is 23.3 Å². The second-order valence-corrected chi connectivity index (χ2v) is 6.38. The van der Waals surface area contributed by atoms with Gasteiger partial charge in [0, 0.05) is 19.6 Å². The fourth-order valence-corrected chi connectivity index (χ4v) is 3.08. The van der Waals surface area contributed by atoms with Crippen molar-refractivity contribution in [1.82, 2.24) is 10.4 Å². The Morgan fingerprint density at radius 2 is 2.19 bits per heavy atom. The summed E-state index contributed by atoms with van der Waals surface area (Å²) in [6.45, 7) is 1.18. The van der Waals surface area contributed by atoms with Crippen LogP contribution in [-0.4, -0.2) is 71.0 Å². The molecule has 2 heterocycles. The lowest BCUT2D eigenvalue weighted by Crippen LogP contribution is -2.59. The maximum Gasteiger partial charge on any atom is 0.522 e. The van der Waals surface area contributed by atoms with Gasteiger partial charge in [0.15, 0.2) is 0 Å². The normalized spacial score (nSPS) is 18.3. The minimum Gasteiger partial charge on any atom is -0.535 e. The zero-order valence-electron chi connectivity index (χ0n) is 13.9. The van der Waals surface area contributed by atoms with Crippen molar-refractivity contribution in [2.24, 2.45) is 5.73 Å². The summed E-state index contributed by atoms with van der Waals surface area (Å²) in [5.74, 6) is -1.55. The molecule has 1 aromatic carbocycles. The van der Waals surface area contributed by atoms with Gasteiger partial charge in [-0.3, -0.25) is 14.9 Å². The fraction of sp³-hybridized carbons (Fsp3) is 0.467. The molecule has 11 heteroatoms. The molecule has 2 aliphatic heterocycles. The summed E-state index contributed by atoms with van der Waals surface area (Å²) in [4.78, 5) is 24.7. The predicted octanol–water partition coefficient (Wildman–Crippen LogP) is -1.30. The van der Waals surface area contributed by atoms with E-state index in [1.54, 1.807) is 12.1 Å². The first-order chi connectivity index (χ1) is 12.4. The number of hydroxylamine groups is 1. The van der Waals surface area contributed by atoms with Crippen LogP contribution in [0.25, 0.3) is 0 Å². The Balaban J connectivity index is 1.65. The molecule has 0 aromatic heterocycles. The topological polar surface area (TPSA) is 155 Å². The number of amides is 1. The third-order valence-corrected chi connectivity index (χ3v) is 4.45. The van der Waals surface area contributed by atoms with Gasteiger partial charge in [0.2, 0.25) is 0 Å². The zero-order chi connectivity index (χ0) is 18.8. The molecule has 1 unspecified atom stereocenters. The van der Waals surface area contributed by atoms with E-state index >= 15 is 0 Å². The Hall–Kier alpha value is -2.34. The van der Waals surface area contributed by atoms with Crippen LogP contribution >= 0.6 is 0 Å². The van der Waals surface area contributed by atoms with Crippen LogP contribution in [-0.2, 0) is 11.2 Å². The number of fused-ring (bicyclic) bond motifs is 1. The van der Waals surface area contributed by atoms with Crippen LogP contribution in [0.5, 0.6) is 11.5 Å². The molecule has 2 aliphatic rings. The van der Waals surface area contributed by atoms with Gasteiger partial charge in [0.1, 0.15) is 23.2 Å². The summed E-state index contributed by atoms with van der Waals surface area (Å²) in [7, 11) is -1.03. The largest absolute Gasteiger partial charge is 0.535 e. The number of nitrogens with one attached hydrogen (secondary N) is 1. The van der Waals surface area contributed by atoms with Crippen LogP contribution in [0, 0.1) is 0 Å². The smallest absolute Gasteiger partial charge is 0.522 e. The van der Waals surface area contributed by atoms with Crippen molar-refractivity contribution in [3.63, 3.8) is 0 Å². The molecule has 26 heavy (non-hydrogen) atoms. The minimum absolute atomic E-state index is 0.101. The maximum absolute atomic E-state index is 11.7. The van der Waals surface area contributed by atoms with Crippen molar-refractivity contribution in [3.8, 4) is 11.5 Å². The quantitative estimate of drug-likeness (QED) is 0.235. The number of nitrogens with zero attached hydrogens (tertiary/aromatic N) is 1. The van der Waals surface area contributed by atoms with Gasteiger partial charge in [-0.15, -0.1) is 0 Å². The highest BCUT2D eigenvalue weighted by atomic mass is 16.5. The summed E-state index contributed by atoms with van der Waals surface area (Å²) in [6, 6.07) is 2.46. The van der Waals surface area contributed by atoms with E-state index in [4.69, 9.17) is 20.3 Å². The van der Waals surface area contributed by atoms with E-state index in [1.807, 2.05) is 4.90 Å². The second-order valence-electron chi connectivity index (χ2n) is 6.38. The first kappa shape index (κ1) is 18.5. The van der Waals surface area contributed by atoms with E-state index in [-0.39, 0.29) is 29.7 Å². The molecule has 1 atom stereocenters. The monoisotopic (exact) mass is 365 g/mol. The number of hydrogen-bond donors (Lipinski definition) is 5. The predicted molar refractivity (Wildman–Crippen MR) is 89.3 cm³/mol. The lowest BCUT2D eigenvalue weighted by atomic mass is 9.78. The number of carboxylic acids is 1. The molecule has 6 N–H and O–H groups in total. The van der Waals surface area contributed by atoms with Crippen molar-refractivity contribution in [2.75, 3.05) is 19.6 Å². The van der Waals surface area contributed by atoms with Crippen LogP contribution in [0.15, 0.2) is 12.1 Å². The van der Waals surface area contributed by atoms with Crippen molar-refractivity contribution in [2.45, 2.75) is 24.9 Å². The van der Waals surface area contributed by atoms with Crippen molar-refractivity contribution < 1.29 is 34.3 Å². The van der Waals surface area contributed by atoms with E-state index in [2.05, 4.69) is 0 Å². The van der Waals surface area contributed by atoms with E-state index < -0.39 is 25.0 Å². The summed E-state index contributed by atoms with van der Waals surface area (Å²) in [5.41, 5.74) is 7.74. The van der Waals surface area contributed by atoms with E-state index in [0.717, 1.165) is 5.56 Å². The maximum atomic E-state index is 11.7. The first-order valence-corrected chi connectivity index (χ1v) is 8.21. The molecular formula is C15H20BN3O7. The molecule has 0 radical (unpaired) electrons. The van der Waals surface area contributed by atoms with Crippen molar-refractivity contribution in [1.29, 1.82) is 0 Å².